The third-order valence-corrected chi connectivity index (χ3v) is 4.92. The lowest BCUT2D eigenvalue weighted by atomic mass is 10.1. The minimum atomic E-state index is -0.572. The van der Waals surface area contributed by atoms with Gasteiger partial charge in [-0.15, -0.1) is 0 Å². The fourth-order valence-corrected chi connectivity index (χ4v) is 3.16. The summed E-state index contributed by atoms with van der Waals surface area (Å²) in [5.74, 6) is 0.377. The quantitative estimate of drug-likeness (QED) is 0.344. The number of halogens is 1. The summed E-state index contributed by atoms with van der Waals surface area (Å²) < 4.78 is 11.6. The first-order valence-corrected chi connectivity index (χ1v) is 10.5. The van der Waals surface area contributed by atoms with Crippen molar-refractivity contribution in [3.05, 3.63) is 94.0 Å². The van der Waals surface area contributed by atoms with E-state index in [1.807, 2.05) is 25.1 Å². The van der Waals surface area contributed by atoms with Crippen LogP contribution in [0.1, 0.15) is 23.6 Å². The van der Waals surface area contributed by atoms with Crippen LogP contribution in [-0.4, -0.2) is 12.5 Å². The molecule has 0 atom stereocenters. The van der Waals surface area contributed by atoms with E-state index in [4.69, 9.17) is 21.1 Å². The van der Waals surface area contributed by atoms with E-state index in [0.717, 1.165) is 5.56 Å². The standard InChI is InChI=1S/C26H20ClN3O3/c1-2-32-25-14-18(11-12-24(25)33-17-20-8-4-3-7-19(20)15-28)13-21(16-29)26(31)30-23-10-6-5-9-22(23)27/h3-14H,2,17H2,1H3,(H,30,31)/b21-13+. The normalized spacial score (nSPS) is 10.6. The van der Waals surface area contributed by atoms with Crippen molar-refractivity contribution in [2.75, 3.05) is 11.9 Å². The average Bonchev–Trinajstić information content (AvgIpc) is 2.83. The Kier molecular flexibility index (Phi) is 8.07. The molecule has 3 aromatic carbocycles. The Morgan fingerprint density at radius 3 is 2.52 bits per heavy atom. The lowest BCUT2D eigenvalue weighted by Gasteiger charge is -2.13. The van der Waals surface area contributed by atoms with Crippen molar-refractivity contribution in [2.24, 2.45) is 0 Å². The van der Waals surface area contributed by atoms with Crippen LogP contribution in [0.2, 0.25) is 5.02 Å². The van der Waals surface area contributed by atoms with Gasteiger partial charge in [0.1, 0.15) is 18.2 Å². The molecule has 1 N–H and O–H groups in total. The second kappa shape index (κ2) is 11.4. The summed E-state index contributed by atoms with van der Waals surface area (Å²) in [5.41, 5.74) is 2.22. The van der Waals surface area contributed by atoms with Crippen molar-refractivity contribution in [3.63, 3.8) is 0 Å². The molecule has 0 aliphatic carbocycles. The average molecular weight is 458 g/mol. The number of para-hydroxylation sites is 1. The highest BCUT2D eigenvalue weighted by molar-refractivity contribution is 6.34. The van der Waals surface area contributed by atoms with Crippen molar-refractivity contribution in [1.29, 1.82) is 10.5 Å². The maximum Gasteiger partial charge on any atom is 0.266 e. The van der Waals surface area contributed by atoms with Gasteiger partial charge in [0.15, 0.2) is 11.5 Å². The van der Waals surface area contributed by atoms with E-state index in [2.05, 4.69) is 11.4 Å². The Hall–Kier alpha value is -4.26. The predicted octanol–water partition coefficient (Wildman–Crippen LogP) is 5.74. The van der Waals surface area contributed by atoms with Gasteiger partial charge < -0.3 is 14.8 Å². The van der Waals surface area contributed by atoms with E-state index in [1.165, 1.54) is 6.08 Å². The van der Waals surface area contributed by atoms with Crippen LogP contribution < -0.4 is 14.8 Å². The molecule has 0 aromatic heterocycles. The first kappa shape index (κ1) is 23.4. The molecule has 164 valence electrons. The molecule has 3 aromatic rings. The first-order chi connectivity index (χ1) is 16.0. The molecule has 33 heavy (non-hydrogen) atoms. The summed E-state index contributed by atoms with van der Waals surface area (Å²) in [7, 11) is 0. The van der Waals surface area contributed by atoms with Crippen molar-refractivity contribution < 1.29 is 14.3 Å². The van der Waals surface area contributed by atoms with Gasteiger partial charge in [-0.3, -0.25) is 4.79 Å². The number of benzene rings is 3. The van der Waals surface area contributed by atoms with E-state index >= 15 is 0 Å². The van der Waals surface area contributed by atoms with E-state index < -0.39 is 5.91 Å². The summed E-state index contributed by atoms with van der Waals surface area (Å²) >= 11 is 6.08. The number of anilines is 1. The van der Waals surface area contributed by atoms with Crippen LogP contribution in [0.3, 0.4) is 0 Å². The van der Waals surface area contributed by atoms with Crippen molar-refractivity contribution in [1.82, 2.24) is 0 Å². The molecule has 0 unspecified atom stereocenters. The summed E-state index contributed by atoms with van der Waals surface area (Å²) in [6.45, 7) is 2.44. The van der Waals surface area contributed by atoms with Crippen LogP contribution in [0.4, 0.5) is 5.69 Å². The fourth-order valence-electron chi connectivity index (χ4n) is 2.98. The highest BCUT2D eigenvalue weighted by Gasteiger charge is 2.13. The predicted molar refractivity (Wildman–Crippen MR) is 127 cm³/mol. The number of carbonyl (C=O) groups is 1. The number of nitrogens with one attached hydrogen (secondary N) is 1. The molecule has 0 heterocycles. The molecule has 0 spiro atoms. The van der Waals surface area contributed by atoms with E-state index in [0.29, 0.717) is 39.9 Å². The molecule has 0 aliphatic heterocycles. The molecule has 7 heteroatoms. The Labute approximate surface area is 197 Å². The lowest BCUT2D eigenvalue weighted by molar-refractivity contribution is -0.112. The van der Waals surface area contributed by atoms with Gasteiger partial charge in [0.25, 0.3) is 5.91 Å². The largest absolute Gasteiger partial charge is 0.490 e. The number of nitrogens with zero attached hydrogens (tertiary/aromatic N) is 2. The van der Waals surface area contributed by atoms with Crippen molar-refractivity contribution in [3.8, 4) is 23.6 Å². The molecule has 0 aliphatic rings. The fraction of sp³-hybridized carbons (Fsp3) is 0.115. The Bertz CT molecular complexity index is 1270. The molecule has 0 radical (unpaired) electrons. The lowest BCUT2D eigenvalue weighted by Crippen LogP contribution is -2.13. The minimum absolute atomic E-state index is 0.0889. The van der Waals surface area contributed by atoms with Crippen LogP contribution in [0.5, 0.6) is 11.5 Å². The number of hydrogen-bond donors (Lipinski definition) is 1. The molecule has 1 amide bonds. The Balaban J connectivity index is 1.81. The van der Waals surface area contributed by atoms with Gasteiger partial charge in [-0.25, -0.2) is 0 Å². The summed E-state index contributed by atoms with van der Waals surface area (Å²) in [6.07, 6.45) is 1.46. The maximum atomic E-state index is 12.6. The van der Waals surface area contributed by atoms with Gasteiger partial charge in [-0.1, -0.05) is 48.0 Å². The van der Waals surface area contributed by atoms with E-state index in [-0.39, 0.29) is 12.2 Å². The summed E-state index contributed by atoms with van der Waals surface area (Å²) in [5, 5.41) is 21.8. The maximum absolute atomic E-state index is 12.6. The summed E-state index contributed by atoms with van der Waals surface area (Å²) in [4.78, 5) is 12.6. The van der Waals surface area contributed by atoms with Crippen LogP contribution in [0.15, 0.2) is 72.3 Å². The molecule has 3 rings (SSSR count). The van der Waals surface area contributed by atoms with Crippen molar-refractivity contribution in [2.45, 2.75) is 13.5 Å². The van der Waals surface area contributed by atoms with E-state index in [9.17, 15) is 15.3 Å². The molecule has 0 fully saturated rings. The van der Waals surface area contributed by atoms with Gasteiger partial charge in [0.2, 0.25) is 0 Å². The number of amides is 1. The van der Waals surface area contributed by atoms with Gasteiger partial charge in [-0.05, 0) is 48.9 Å². The molecular formula is C26H20ClN3O3. The van der Waals surface area contributed by atoms with Gasteiger partial charge in [-0.2, -0.15) is 10.5 Å². The SMILES string of the molecule is CCOc1cc(/C=C(\C#N)C(=O)Nc2ccccc2Cl)ccc1OCc1ccccc1C#N. The van der Waals surface area contributed by atoms with Crippen LogP contribution in [-0.2, 0) is 11.4 Å². The molecule has 6 nitrogen and oxygen atoms in total. The molecular weight excluding hydrogens is 438 g/mol. The third-order valence-electron chi connectivity index (χ3n) is 4.59. The zero-order chi connectivity index (χ0) is 23.6. The zero-order valence-electron chi connectivity index (χ0n) is 17.8. The second-order valence-corrected chi connectivity index (χ2v) is 7.21. The van der Waals surface area contributed by atoms with Gasteiger partial charge >= 0.3 is 0 Å². The monoisotopic (exact) mass is 457 g/mol. The second-order valence-electron chi connectivity index (χ2n) is 6.80. The van der Waals surface area contributed by atoms with Crippen molar-refractivity contribution >= 4 is 29.3 Å². The van der Waals surface area contributed by atoms with Gasteiger partial charge in [0, 0.05) is 5.56 Å². The summed E-state index contributed by atoms with van der Waals surface area (Å²) in [6, 6.07) is 23.1. The highest BCUT2D eigenvalue weighted by Crippen LogP contribution is 2.30. The van der Waals surface area contributed by atoms with Crippen LogP contribution in [0.25, 0.3) is 6.08 Å². The van der Waals surface area contributed by atoms with E-state index in [1.54, 1.807) is 54.6 Å². The van der Waals surface area contributed by atoms with Crippen LogP contribution >= 0.6 is 11.6 Å². The van der Waals surface area contributed by atoms with Gasteiger partial charge in [0.05, 0.1) is 28.9 Å². The Morgan fingerprint density at radius 2 is 1.79 bits per heavy atom. The third kappa shape index (κ3) is 6.13. The minimum Gasteiger partial charge on any atom is -0.490 e. The van der Waals surface area contributed by atoms with Crippen LogP contribution in [0, 0.1) is 22.7 Å². The topological polar surface area (TPSA) is 95.1 Å². The number of hydrogen-bond acceptors (Lipinski definition) is 5. The number of carbonyl (C=O) groups excluding carboxylic acids is 1. The first-order valence-electron chi connectivity index (χ1n) is 10.1. The highest BCUT2D eigenvalue weighted by atomic mass is 35.5. The molecule has 0 saturated heterocycles. The number of rotatable bonds is 8. The smallest absolute Gasteiger partial charge is 0.266 e. The Morgan fingerprint density at radius 1 is 1.03 bits per heavy atom. The molecule has 0 saturated carbocycles. The molecule has 0 bridgehead atoms. The number of ether oxygens (including phenoxy) is 2. The number of nitriles is 2. The zero-order valence-corrected chi connectivity index (χ0v) is 18.6.